The van der Waals surface area contributed by atoms with Crippen LogP contribution in [0, 0.1) is 0 Å². The van der Waals surface area contributed by atoms with Crippen molar-refractivity contribution in [1.29, 1.82) is 0 Å². The minimum Gasteiger partial charge on any atom is -0.494 e. The molecule has 188 valence electrons. The van der Waals surface area contributed by atoms with Gasteiger partial charge in [-0.05, 0) is 74.5 Å². The molecule has 3 aromatic rings. The highest BCUT2D eigenvalue weighted by molar-refractivity contribution is 6.07. The number of aromatic amines is 1. The summed E-state index contributed by atoms with van der Waals surface area (Å²) in [6.45, 7) is 6.00. The van der Waals surface area contributed by atoms with Crippen LogP contribution in [0.4, 0.5) is 5.69 Å². The van der Waals surface area contributed by atoms with Crippen LogP contribution in [-0.2, 0) is 4.79 Å². The molecule has 3 heterocycles. The number of fused-ring (bicyclic) bond motifs is 1. The Labute approximate surface area is 210 Å². The SMILES string of the molecule is CC1CCCN1CCCOc1ccc(N2CCN(C(=O)c3cccc4ccc(=O)[nH]c34)CC2=O)cc1. The summed E-state index contributed by atoms with van der Waals surface area (Å²) >= 11 is 0. The number of likely N-dealkylation sites (tertiary alicyclic amines) is 1. The number of carbonyl (C=O) groups is 2. The highest BCUT2D eigenvalue weighted by atomic mass is 16.5. The van der Waals surface area contributed by atoms with E-state index >= 15 is 0 Å². The number of amides is 2. The van der Waals surface area contributed by atoms with Crippen molar-refractivity contribution in [2.24, 2.45) is 0 Å². The van der Waals surface area contributed by atoms with E-state index in [-0.39, 0.29) is 23.9 Å². The van der Waals surface area contributed by atoms with Crippen molar-refractivity contribution in [2.45, 2.75) is 32.2 Å². The second-order valence-corrected chi connectivity index (χ2v) is 9.59. The highest BCUT2D eigenvalue weighted by Crippen LogP contribution is 2.23. The summed E-state index contributed by atoms with van der Waals surface area (Å²) in [6.07, 6.45) is 3.56. The average molecular weight is 489 g/mol. The molecule has 0 spiro atoms. The maximum atomic E-state index is 13.2. The molecule has 36 heavy (non-hydrogen) atoms. The van der Waals surface area contributed by atoms with Crippen LogP contribution in [0.2, 0.25) is 0 Å². The third-order valence-corrected chi connectivity index (χ3v) is 7.19. The van der Waals surface area contributed by atoms with Gasteiger partial charge in [0.2, 0.25) is 11.5 Å². The molecule has 2 aliphatic heterocycles. The van der Waals surface area contributed by atoms with E-state index in [1.54, 1.807) is 23.1 Å². The zero-order valence-electron chi connectivity index (χ0n) is 20.6. The van der Waals surface area contributed by atoms with Gasteiger partial charge in [0.25, 0.3) is 5.91 Å². The summed E-state index contributed by atoms with van der Waals surface area (Å²) in [5.41, 5.74) is 1.42. The minimum atomic E-state index is -0.266. The molecule has 2 aliphatic rings. The number of rotatable bonds is 7. The van der Waals surface area contributed by atoms with E-state index in [1.165, 1.54) is 30.4 Å². The van der Waals surface area contributed by atoms with E-state index in [4.69, 9.17) is 4.74 Å². The van der Waals surface area contributed by atoms with Crippen molar-refractivity contribution in [3.63, 3.8) is 0 Å². The Bertz CT molecular complexity index is 1300. The molecule has 8 heteroatoms. The number of nitrogens with one attached hydrogen (secondary N) is 1. The number of hydrogen-bond acceptors (Lipinski definition) is 5. The third kappa shape index (κ3) is 5.14. The Hall–Kier alpha value is -3.65. The molecule has 5 rings (SSSR count). The molecule has 1 atom stereocenters. The average Bonchev–Trinajstić information content (AvgIpc) is 3.30. The fraction of sp³-hybridized carbons (Fsp3) is 0.393. The number of H-pyrrole nitrogens is 1. The molecular formula is C28H32N4O4. The standard InChI is InChI=1S/C28H32N4O4/c1-20-5-3-14-30(20)15-4-18-36-23-11-9-22(10-12-23)32-17-16-31(19-26(32)34)28(35)24-7-2-6-21-8-13-25(33)29-27(21)24/h2,6-13,20H,3-5,14-19H2,1H3,(H,29,33). The molecule has 0 saturated carbocycles. The first-order chi connectivity index (χ1) is 17.5. The van der Waals surface area contributed by atoms with Crippen LogP contribution in [0.5, 0.6) is 5.75 Å². The molecule has 0 radical (unpaired) electrons. The second kappa shape index (κ2) is 10.5. The normalized spacial score (nSPS) is 18.7. The van der Waals surface area contributed by atoms with Gasteiger partial charge >= 0.3 is 0 Å². The maximum absolute atomic E-state index is 13.2. The summed E-state index contributed by atoms with van der Waals surface area (Å²) in [7, 11) is 0. The number of pyridine rings is 1. The van der Waals surface area contributed by atoms with Gasteiger partial charge in [0.1, 0.15) is 12.3 Å². The van der Waals surface area contributed by atoms with Crippen LogP contribution in [0.25, 0.3) is 10.9 Å². The van der Waals surface area contributed by atoms with E-state index < -0.39 is 0 Å². The Morgan fingerprint density at radius 2 is 1.86 bits per heavy atom. The van der Waals surface area contributed by atoms with Crippen LogP contribution in [0.1, 0.15) is 36.5 Å². The van der Waals surface area contributed by atoms with Crippen LogP contribution < -0.4 is 15.2 Å². The molecule has 2 saturated heterocycles. The minimum absolute atomic E-state index is 0.0144. The second-order valence-electron chi connectivity index (χ2n) is 9.59. The first kappa shape index (κ1) is 24.1. The molecule has 0 aliphatic carbocycles. The van der Waals surface area contributed by atoms with Gasteiger partial charge in [0.05, 0.1) is 17.7 Å². The molecule has 1 unspecified atom stereocenters. The van der Waals surface area contributed by atoms with E-state index in [1.807, 2.05) is 30.3 Å². The zero-order valence-corrected chi connectivity index (χ0v) is 20.6. The van der Waals surface area contributed by atoms with Gasteiger partial charge in [-0.15, -0.1) is 0 Å². The van der Waals surface area contributed by atoms with Crippen LogP contribution in [-0.4, -0.2) is 72.0 Å². The number of carbonyl (C=O) groups excluding carboxylic acids is 2. The van der Waals surface area contributed by atoms with Gasteiger partial charge < -0.3 is 24.4 Å². The first-order valence-electron chi connectivity index (χ1n) is 12.7. The number of piperazine rings is 1. The molecule has 2 amide bonds. The Morgan fingerprint density at radius 3 is 2.61 bits per heavy atom. The fourth-order valence-corrected chi connectivity index (χ4v) is 5.15. The van der Waals surface area contributed by atoms with Crippen LogP contribution in [0.15, 0.2) is 59.4 Å². The molecule has 2 aromatic carbocycles. The number of benzene rings is 2. The van der Waals surface area contributed by atoms with Gasteiger partial charge in [-0.3, -0.25) is 14.4 Å². The van der Waals surface area contributed by atoms with Gasteiger partial charge in [-0.2, -0.15) is 0 Å². The Morgan fingerprint density at radius 1 is 1.03 bits per heavy atom. The van der Waals surface area contributed by atoms with Crippen molar-refractivity contribution >= 4 is 28.4 Å². The van der Waals surface area contributed by atoms with Gasteiger partial charge in [-0.1, -0.05) is 12.1 Å². The van der Waals surface area contributed by atoms with Crippen LogP contribution in [0.3, 0.4) is 0 Å². The number of ether oxygens (including phenoxy) is 1. The first-order valence-corrected chi connectivity index (χ1v) is 12.7. The summed E-state index contributed by atoms with van der Waals surface area (Å²) in [6, 6.07) is 16.7. The lowest BCUT2D eigenvalue weighted by atomic mass is 10.1. The van der Waals surface area contributed by atoms with Crippen molar-refractivity contribution in [2.75, 3.05) is 44.2 Å². The zero-order chi connectivity index (χ0) is 25.1. The Balaban J connectivity index is 1.16. The summed E-state index contributed by atoms with van der Waals surface area (Å²) in [5.74, 6) is 0.388. The lowest BCUT2D eigenvalue weighted by molar-refractivity contribution is -0.120. The van der Waals surface area contributed by atoms with Gasteiger partial charge in [0, 0.05) is 37.4 Å². The summed E-state index contributed by atoms with van der Waals surface area (Å²) < 4.78 is 5.90. The number of nitrogens with zero attached hydrogens (tertiary/aromatic N) is 3. The predicted molar refractivity (Wildman–Crippen MR) is 140 cm³/mol. The van der Waals surface area contributed by atoms with Crippen molar-refractivity contribution in [3.8, 4) is 5.75 Å². The number of anilines is 1. The largest absolute Gasteiger partial charge is 0.494 e. The molecule has 1 aromatic heterocycles. The van der Waals surface area contributed by atoms with Crippen molar-refractivity contribution < 1.29 is 14.3 Å². The monoisotopic (exact) mass is 488 g/mol. The lowest BCUT2D eigenvalue weighted by Gasteiger charge is -2.34. The molecular weight excluding hydrogens is 456 g/mol. The summed E-state index contributed by atoms with van der Waals surface area (Å²) in [5, 5.41) is 0.776. The smallest absolute Gasteiger partial charge is 0.256 e. The number of aromatic nitrogens is 1. The van der Waals surface area contributed by atoms with Gasteiger partial charge in [0.15, 0.2) is 0 Å². The van der Waals surface area contributed by atoms with Crippen molar-refractivity contribution in [1.82, 2.24) is 14.8 Å². The maximum Gasteiger partial charge on any atom is 0.256 e. The highest BCUT2D eigenvalue weighted by Gasteiger charge is 2.29. The Kier molecular flexibility index (Phi) is 7.04. The summed E-state index contributed by atoms with van der Waals surface area (Å²) in [4.78, 5) is 46.5. The van der Waals surface area contributed by atoms with E-state index in [9.17, 15) is 14.4 Å². The van der Waals surface area contributed by atoms with Crippen LogP contribution >= 0.6 is 0 Å². The van der Waals surface area contributed by atoms with Gasteiger partial charge in [-0.25, -0.2) is 0 Å². The number of hydrogen-bond donors (Lipinski definition) is 1. The van der Waals surface area contributed by atoms with E-state index in [0.29, 0.717) is 36.8 Å². The molecule has 8 nitrogen and oxygen atoms in total. The molecule has 1 N–H and O–H groups in total. The molecule has 0 bridgehead atoms. The third-order valence-electron chi connectivity index (χ3n) is 7.19. The quantitative estimate of drug-likeness (QED) is 0.516. The van der Waals surface area contributed by atoms with Crippen molar-refractivity contribution in [3.05, 3.63) is 70.5 Å². The number of para-hydroxylation sites is 1. The lowest BCUT2D eigenvalue weighted by Crippen LogP contribution is -2.52. The molecule has 2 fully saturated rings. The topological polar surface area (TPSA) is 85.9 Å². The van der Waals surface area contributed by atoms with E-state index in [2.05, 4.69) is 16.8 Å². The van der Waals surface area contributed by atoms with E-state index in [0.717, 1.165) is 29.8 Å². The fourth-order valence-electron chi connectivity index (χ4n) is 5.15. The predicted octanol–water partition coefficient (Wildman–Crippen LogP) is 3.27.